The molecular weight excluding hydrogens is 244 g/mol. The van der Waals surface area contributed by atoms with Gasteiger partial charge in [0.1, 0.15) is 0 Å². The SMILES string of the molecule is COC(=O)c1ccc(COC2CCCC(N)C2)nc1. The molecule has 2 atom stereocenters. The van der Waals surface area contributed by atoms with E-state index in [1.54, 1.807) is 12.1 Å². The van der Waals surface area contributed by atoms with Gasteiger partial charge in [0.25, 0.3) is 0 Å². The Morgan fingerprint density at radius 3 is 2.95 bits per heavy atom. The molecule has 1 saturated carbocycles. The van der Waals surface area contributed by atoms with Gasteiger partial charge in [0.15, 0.2) is 0 Å². The molecule has 19 heavy (non-hydrogen) atoms. The average Bonchev–Trinajstić information content (AvgIpc) is 2.45. The Labute approximate surface area is 113 Å². The van der Waals surface area contributed by atoms with Gasteiger partial charge in [0.2, 0.25) is 0 Å². The van der Waals surface area contributed by atoms with Crippen LogP contribution in [0.15, 0.2) is 18.3 Å². The van der Waals surface area contributed by atoms with E-state index in [0.717, 1.165) is 31.4 Å². The lowest BCUT2D eigenvalue weighted by molar-refractivity contribution is 0.0107. The first-order valence-corrected chi connectivity index (χ1v) is 6.59. The minimum Gasteiger partial charge on any atom is -0.465 e. The van der Waals surface area contributed by atoms with E-state index in [-0.39, 0.29) is 18.1 Å². The molecule has 0 bridgehead atoms. The largest absolute Gasteiger partial charge is 0.465 e. The summed E-state index contributed by atoms with van der Waals surface area (Å²) in [4.78, 5) is 15.5. The van der Waals surface area contributed by atoms with E-state index in [2.05, 4.69) is 9.72 Å². The predicted octanol–water partition coefficient (Wildman–Crippen LogP) is 1.65. The molecule has 2 N–H and O–H groups in total. The summed E-state index contributed by atoms with van der Waals surface area (Å²) in [6.07, 6.45) is 5.93. The molecule has 1 aromatic heterocycles. The summed E-state index contributed by atoms with van der Waals surface area (Å²) in [6.45, 7) is 0.457. The molecule has 0 amide bonds. The fraction of sp³-hybridized carbons (Fsp3) is 0.571. The highest BCUT2D eigenvalue weighted by atomic mass is 16.5. The summed E-state index contributed by atoms with van der Waals surface area (Å²) in [5, 5.41) is 0. The average molecular weight is 264 g/mol. The van der Waals surface area contributed by atoms with Gasteiger partial charge in [-0.3, -0.25) is 4.98 Å². The van der Waals surface area contributed by atoms with Crippen LogP contribution in [0.25, 0.3) is 0 Å². The smallest absolute Gasteiger partial charge is 0.339 e. The Hall–Kier alpha value is -1.46. The maximum absolute atomic E-state index is 11.3. The number of carbonyl (C=O) groups excluding carboxylic acids is 1. The van der Waals surface area contributed by atoms with E-state index in [0.29, 0.717) is 12.2 Å². The van der Waals surface area contributed by atoms with Crippen molar-refractivity contribution in [2.45, 2.75) is 44.4 Å². The van der Waals surface area contributed by atoms with Crippen LogP contribution < -0.4 is 5.73 Å². The molecule has 5 nitrogen and oxygen atoms in total. The molecule has 0 saturated heterocycles. The maximum Gasteiger partial charge on any atom is 0.339 e. The standard InChI is InChI=1S/C14H20N2O3/c1-18-14(17)10-5-6-12(16-8-10)9-19-13-4-2-3-11(15)7-13/h5-6,8,11,13H,2-4,7,9,15H2,1H3. The van der Waals surface area contributed by atoms with Crippen LogP contribution in [0, 0.1) is 0 Å². The summed E-state index contributed by atoms with van der Waals surface area (Å²) < 4.78 is 10.4. The van der Waals surface area contributed by atoms with Gasteiger partial charge in [0, 0.05) is 12.2 Å². The second kappa shape index (κ2) is 6.63. The fourth-order valence-electron chi connectivity index (χ4n) is 2.28. The second-order valence-electron chi connectivity index (χ2n) is 4.89. The Bertz CT molecular complexity index is 419. The molecule has 1 heterocycles. The minimum absolute atomic E-state index is 0.228. The Morgan fingerprint density at radius 1 is 1.47 bits per heavy atom. The molecule has 1 aromatic rings. The number of carbonyl (C=O) groups is 1. The van der Waals surface area contributed by atoms with Crippen LogP contribution in [0.2, 0.25) is 0 Å². The number of nitrogens with two attached hydrogens (primary N) is 1. The highest BCUT2D eigenvalue weighted by molar-refractivity contribution is 5.88. The van der Waals surface area contributed by atoms with Crippen molar-refractivity contribution in [3.8, 4) is 0 Å². The Kier molecular flexibility index (Phi) is 4.87. The quantitative estimate of drug-likeness (QED) is 0.837. The summed E-state index contributed by atoms with van der Waals surface area (Å²) in [6, 6.07) is 3.74. The van der Waals surface area contributed by atoms with Crippen molar-refractivity contribution in [2.24, 2.45) is 5.73 Å². The van der Waals surface area contributed by atoms with Crippen LogP contribution in [-0.2, 0) is 16.1 Å². The zero-order valence-electron chi connectivity index (χ0n) is 11.2. The number of ether oxygens (including phenoxy) is 2. The van der Waals surface area contributed by atoms with Gasteiger partial charge < -0.3 is 15.2 Å². The molecule has 0 spiro atoms. The molecule has 1 fully saturated rings. The zero-order valence-corrected chi connectivity index (χ0v) is 11.2. The first-order chi connectivity index (χ1) is 9.19. The van der Waals surface area contributed by atoms with Gasteiger partial charge >= 0.3 is 5.97 Å². The molecule has 0 radical (unpaired) electrons. The summed E-state index contributed by atoms with van der Waals surface area (Å²) >= 11 is 0. The number of hydrogen-bond donors (Lipinski definition) is 1. The van der Waals surface area contributed by atoms with E-state index < -0.39 is 0 Å². The highest BCUT2D eigenvalue weighted by Gasteiger charge is 2.19. The number of methoxy groups -OCH3 is 1. The summed E-state index contributed by atoms with van der Waals surface area (Å²) in [5.74, 6) is -0.377. The zero-order chi connectivity index (χ0) is 13.7. The molecule has 0 aliphatic heterocycles. The first kappa shape index (κ1) is 14.0. The van der Waals surface area contributed by atoms with Crippen LogP contribution >= 0.6 is 0 Å². The molecule has 1 aliphatic carbocycles. The van der Waals surface area contributed by atoms with Crippen LogP contribution in [0.4, 0.5) is 0 Å². The number of esters is 1. The molecular formula is C14H20N2O3. The minimum atomic E-state index is -0.377. The van der Waals surface area contributed by atoms with Crippen LogP contribution in [0.1, 0.15) is 41.7 Å². The number of nitrogens with zero attached hydrogens (tertiary/aromatic N) is 1. The first-order valence-electron chi connectivity index (χ1n) is 6.59. The summed E-state index contributed by atoms with van der Waals surface area (Å²) in [5.41, 5.74) is 7.18. The van der Waals surface area contributed by atoms with Crippen LogP contribution in [-0.4, -0.2) is 30.2 Å². The number of hydrogen-bond acceptors (Lipinski definition) is 5. The van der Waals surface area contributed by atoms with Gasteiger partial charge in [-0.05, 0) is 37.8 Å². The normalized spacial score (nSPS) is 23.1. The van der Waals surface area contributed by atoms with Gasteiger partial charge in [-0.15, -0.1) is 0 Å². The van der Waals surface area contributed by atoms with Crippen molar-refractivity contribution in [3.05, 3.63) is 29.6 Å². The monoisotopic (exact) mass is 264 g/mol. The molecule has 2 rings (SSSR count). The van der Waals surface area contributed by atoms with E-state index in [1.165, 1.54) is 13.3 Å². The van der Waals surface area contributed by atoms with Crippen molar-refractivity contribution in [2.75, 3.05) is 7.11 Å². The van der Waals surface area contributed by atoms with Gasteiger partial charge in [-0.25, -0.2) is 4.79 Å². The second-order valence-corrected chi connectivity index (χ2v) is 4.89. The van der Waals surface area contributed by atoms with E-state index in [4.69, 9.17) is 10.5 Å². The topological polar surface area (TPSA) is 74.4 Å². The van der Waals surface area contributed by atoms with Gasteiger partial charge in [0.05, 0.1) is 31.1 Å². The fourth-order valence-corrected chi connectivity index (χ4v) is 2.28. The number of rotatable bonds is 4. The lowest BCUT2D eigenvalue weighted by Crippen LogP contribution is -2.32. The lowest BCUT2D eigenvalue weighted by atomic mass is 9.93. The molecule has 2 unspecified atom stereocenters. The van der Waals surface area contributed by atoms with Crippen LogP contribution in [0.3, 0.4) is 0 Å². The van der Waals surface area contributed by atoms with E-state index in [1.807, 2.05) is 0 Å². The van der Waals surface area contributed by atoms with Crippen molar-refractivity contribution in [3.63, 3.8) is 0 Å². The Balaban J connectivity index is 1.84. The van der Waals surface area contributed by atoms with Gasteiger partial charge in [-0.2, -0.15) is 0 Å². The maximum atomic E-state index is 11.3. The third-order valence-electron chi connectivity index (χ3n) is 3.38. The molecule has 1 aliphatic rings. The number of aromatic nitrogens is 1. The van der Waals surface area contributed by atoms with Crippen molar-refractivity contribution < 1.29 is 14.3 Å². The lowest BCUT2D eigenvalue weighted by Gasteiger charge is -2.26. The van der Waals surface area contributed by atoms with Crippen molar-refractivity contribution in [1.29, 1.82) is 0 Å². The molecule has 0 aromatic carbocycles. The van der Waals surface area contributed by atoms with E-state index in [9.17, 15) is 4.79 Å². The predicted molar refractivity (Wildman–Crippen MR) is 70.6 cm³/mol. The van der Waals surface area contributed by atoms with E-state index >= 15 is 0 Å². The Morgan fingerprint density at radius 2 is 2.32 bits per heavy atom. The van der Waals surface area contributed by atoms with Crippen molar-refractivity contribution >= 4 is 5.97 Å². The molecule has 104 valence electrons. The highest BCUT2D eigenvalue weighted by Crippen LogP contribution is 2.20. The van der Waals surface area contributed by atoms with Gasteiger partial charge in [-0.1, -0.05) is 0 Å². The molecule has 5 heteroatoms. The third kappa shape index (κ3) is 4.01. The van der Waals surface area contributed by atoms with Crippen molar-refractivity contribution in [1.82, 2.24) is 4.98 Å². The number of pyridine rings is 1. The summed E-state index contributed by atoms with van der Waals surface area (Å²) in [7, 11) is 1.35. The third-order valence-corrected chi connectivity index (χ3v) is 3.38. The van der Waals surface area contributed by atoms with Crippen LogP contribution in [0.5, 0.6) is 0 Å².